The molecule has 0 spiro atoms. The molecule has 0 saturated heterocycles. The Morgan fingerprint density at radius 2 is 1.46 bits per heavy atom. The number of hydrogen-bond donors (Lipinski definition) is 3. The third kappa shape index (κ3) is 12.4. The molecule has 2 aliphatic rings. The molecule has 0 aliphatic heterocycles. The molecule has 2 saturated carbocycles. The van der Waals surface area contributed by atoms with E-state index in [-0.39, 0.29) is 6.61 Å². The molecule has 1 aromatic rings. The van der Waals surface area contributed by atoms with Crippen LogP contribution in [0.1, 0.15) is 97.5 Å². The quantitative estimate of drug-likeness (QED) is 0.425. The van der Waals surface area contributed by atoms with Crippen LogP contribution in [-0.2, 0) is 20.9 Å². The van der Waals surface area contributed by atoms with Gasteiger partial charge in [-0.25, -0.2) is 9.59 Å². The van der Waals surface area contributed by atoms with E-state index in [1.807, 2.05) is 51.1 Å². The molecule has 2 atom stereocenters. The second kappa shape index (κ2) is 15.1. The van der Waals surface area contributed by atoms with E-state index in [2.05, 4.69) is 10.6 Å². The third-order valence-corrected chi connectivity index (χ3v) is 6.44. The minimum atomic E-state index is -1.18. The van der Waals surface area contributed by atoms with Crippen LogP contribution in [0, 0.1) is 0 Å². The molecule has 35 heavy (non-hydrogen) atoms. The molecule has 0 radical (unpaired) electrons. The maximum absolute atomic E-state index is 11.7. The maximum Gasteiger partial charge on any atom is 0.408 e. The van der Waals surface area contributed by atoms with Gasteiger partial charge in [-0.3, -0.25) is 0 Å². The van der Waals surface area contributed by atoms with Crippen molar-refractivity contribution in [3.8, 4) is 0 Å². The lowest BCUT2D eigenvalue weighted by atomic mass is 9.91. The second-order valence-electron chi connectivity index (χ2n) is 10.8. The first-order chi connectivity index (χ1) is 16.6. The monoisotopic (exact) mass is 490 g/mol. The van der Waals surface area contributed by atoms with Crippen molar-refractivity contribution in [1.29, 1.82) is 0 Å². The SMILES string of the molecule is C1CCC(NC2CCCCC2)CC1.C[C@H](OC(C)(C)C)[C@H](NC(=O)OCc1ccccc1)C(=O)O. The number of carbonyl (C=O) groups is 2. The normalized spacial score (nSPS) is 19.1. The summed E-state index contributed by atoms with van der Waals surface area (Å²) in [6, 6.07) is 9.71. The lowest BCUT2D eigenvalue weighted by Gasteiger charge is -2.30. The number of aliphatic carboxylic acids is 1. The summed E-state index contributed by atoms with van der Waals surface area (Å²) in [4.78, 5) is 23.0. The zero-order valence-electron chi connectivity index (χ0n) is 22.1. The predicted molar refractivity (Wildman–Crippen MR) is 138 cm³/mol. The molecule has 2 fully saturated rings. The zero-order chi connectivity index (χ0) is 25.7. The van der Waals surface area contributed by atoms with Crippen molar-refractivity contribution in [2.45, 2.75) is 128 Å². The van der Waals surface area contributed by atoms with Crippen molar-refractivity contribution in [3.05, 3.63) is 35.9 Å². The second-order valence-corrected chi connectivity index (χ2v) is 10.8. The Morgan fingerprint density at radius 1 is 0.943 bits per heavy atom. The molecular weight excluding hydrogens is 444 g/mol. The van der Waals surface area contributed by atoms with Crippen LogP contribution in [0.3, 0.4) is 0 Å². The van der Waals surface area contributed by atoms with Crippen molar-refractivity contribution in [3.63, 3.8) is 0 Å². The van der Waals surface area contributed by atoms with E-state index >= 15 is 0 Å². The molecule has 7 nitrogen and oxygen atoms in total. The molecular formula is C28H46N2O5. The number of carboxylic acid groups (broad SMARTS) is 1. The highest BCUT2D eigenvalue weighted by atomic mass is 16.6. The summed E-state index contributed by atoms with van der Waals surface area (Å²) in [6.45, 7) is 7.12. The van der Waals surface area contributed by atoms with Crippen LogP contribution in [0.4, 0.5) is 4.79 Å². The summed E-state index contributed by atoms with van der Waals surface area (Å²) in [5.41, 5.74) is 0.312. The molecule has 3 rings (SSSR count). The molecule has 0 bridgehead atoms. The van der Waals surface area contributed by atoms with Crippen LogP contribution in [0.25, 0.3) is 0 Å². The number of alkyl carbamates (subject to hydrolysis) is 1. The van der Waals surface area contributed by atoms with Gasteiger partial charge in [0.25, 0.3) is 0 Å². The summed E-state index contributed by atoms with van der Waals surface area (Å²) >= 11 is 0. The molecule has 2 aliphatic carbocycles. The van der Waals surface area contributed by atoms with Crippen LogP contribution in [-0.4, -0.2) is 47.0 Å². The first-order valence-electron chi connectivity index (χ1n) is 13.3. The van der Waals surface area contributed by atoms with E-state index in [1.54, 1.807) is 6.92 Å². The maximum atomic E-state index is 11.7. The van der Waals surface area contributed by atoms with Gasteiger partial charge in [0.2, 0.25) is 0 Å². The summed E-state index contributed by atoms with van der Waals surface area (Å²) in [6.07, 6.45) is 13.1. The molecule has 1 aromatic carbocycles. The Balaban J connectivity index is 0.000000279. The largest absolute Gasteiger partial charge is 0.480 e. The predicted octanol–water partition coefficient (Wildman–Crippen LogP) is 5.81. The Kier molecular flexibility index (Phi) is 12.6. The Bertz CT molecular complexity index is 721. The summed E-state index contributed by atoms with van der Waals surface area (Å²) in [5.74, 6) is -1.17. The zero-order valence-corrected chi connectivity index (χ0v) is 22.1. The molecule has 198 valence electrons. The van der Waals surface area contributed by atoms with Gasteiger partial charge in [-0.2, -0.15) is 0 Å². The standard InChI is InChI=1S/C16H23NO5.C12H23N/c1-11(22-16(2,3)4)13(14(18)19)17-15(20)21-10-12-8-6-5-7-9-12;1-3-7-11(8-4-1)13-12-9-5-2-6-10-12/h5-9,11,13H,10H2,1-4H3,(H,17,20)(H,18,19);11-13H,1-10H2/t11-,13-;/m0./s1. The summed E-state index contributed by atoms with van der Waals surface area (Å²) < 4.78 is 10.6. The number of ether oxygens (including phenoxy) is 2. The fourth-order valence-electron chi connectivity index (χ4n) is 4.77. The number of carbonyl (C=O) groups excluding carboxylic acids is 1. The number of benzene rings is 1. The van der Waals surface area contributed by atoms with Gasteiger partial charge in [-0.1, -0.05) is 68.9 Å². The Hall–Kier alpha value is -2.12. The van der Waals surface area contributed by atoms with E-state index in [9.17, 15) is 14.7 Å². The van der Waals surface area contributed by atoms with Gasteiger partial charge in [-0.15, -0.1) is 0 Å². The molecule has 0 unspecified atom stereocenters. The van der Waals surface area contributed by atoms with Gasteiger partial charge in [0, 0.05) is 12.1 Å². The lowest BCUT2D eigenvalue weighted by molar-refractivity contribution is -0.147. The fraction of sp³-hybridized carbons (Fsp3) is 0.714. The van der Waals surface area contributed by atoms with E-state index in [0.29, 0.717) is 0 Å². The number of rotatable bonds is 8. The van der Waals surface area contributed by atoms with Gasteiger partial charge < -0.3 is 25.2 Å². The highest BCUT2D eigenvalue weighted by molar-refractivity contribution is 5.80. The molecule has 0 aromatic heterocycles. The van der Waals surface area contributed by atoms with E-state index in [1.165, 1.54) is 64.2 Å². The van der Waals surface area contributed by atoms with Gasteiger partial charge in [0.1, 0.15) is 6.61 Å². The van der Waals surface area contributed by atoms with Crippen molar-refractivity contribution in [2.24, 2.45) is 0 Å². The van der Waals surface area contributed by atoms with Crippen molar-refractivity contribution < 1.29 is 24.2 Å². The van der Waals surface area contributed by atoms with Crippen LogP contribution >= 0.6 is 0 Å². The van der Waals surface area contributed by atoms with Crippen molar-refractivity contribution in [2.75, 3.05) is 0 Å². The highest BCUT2D eigenvalue weighted by Crippen LogP contribution is 2.22. The number of amides is 1. The number of carboxylic acids is 1. The Labute approximate surface area is 211 Å². The van der Waals surface area contributed by atoms with Crippen LogP contribution in [0.2, 0.25) is 0 Å². The molecule has 7 heteroatoms. The third-order valence-electron chi connectivity index (χ3n) is 6.44. The van der Waals surface area contributed by atoms with Crippen LogP contribution in [0.15, 0.2) is 30.3 Å². The van der Waals surface area contributed by atoms with Gasteiger partial charge in [0.15, 0.2) is 6.04 Å². The van der Waals surface area contributed by atoms with E-state index in [0.717, 1.165) is 17.6 Å². The first kappa shape index (κ1) is 29.1. The van der Waals surface area contributed by atoms with E-state index in [4.69, 9.17) is 9.47 Å². The number of nitrogens with one attached hydrogen (secondary N) is 2. The minimum absolute atomic E-state index is 0.0769. The van der Waals surface area contributed by atoms with Gasteiger partial charge in [-0.05, 0) is 58.9 Å². The number of hydrogen-bond acceptors (Lipinski definition) is 5. The van der Waals surface area contributed by atoms with Gasteiger partial charge >= 0.3 is 12.1 Å². The average Bonchev–Trinajstić information content (AvgIpc) is 2.82. The van der Waals surface area contributed by atoms with E-state index < -0.39 is 29.8 Å². The highest BCUT2D eigenvalue weighted by Gasteiger charge is 2.30. The molecule has 0 heterocycles. The average molecular weight is 491 g/mol. The summed E-state index contributed by atoms with van der Waals surface area (Å²) in [5, 5.41) is 15.4. The van der Waals surface area contributed by atoms with Crippen LogP contribution in [0.5, 0.6) is 0 Å². The fourth-order valence-corrected chi connectivity index (χ4v) is 4.77. The Morgan fingerprint density at radius 3 is 1.91 bits per heavy atom. The van der Waals surface area contributed by atoms with Gasteiger partial charge in [0.05, 0.1) is 11.7 Å². The lowest BCUT2D eigenvalue weighted by Crippen LogP contribution is -2.50. The molecule has 3 N–H and O–H groups in total. The summed E-state index contributed by atoms with van der Waals surface area (Å²) in [7, 11) is 0. The smallest absolute Gasteiger partial charge is 0.408 e. The topological polar surface area (TPSA) is 96.9 Å². The van der Waals surface area contributed by atoms with Crippen molar-refractivity contribution >= 4 is 12.1 Å². The first-order valence-corrected chi connectivity index (χ1v) is 13.3. The molecule has 1 amide bonds. The minimum Gasteiger partial charge on any atom is -0.480 e. The van der Waals surface area contributed by atoms with Crippen molar-refractivity contribution in [1.82, 2.24) is 10.6 Å². The van der Waals surface area contributed by atoms with Crippen LogP contribution < -0.4 is 10.6 Å².